The monoisotopic (exact) mass is 487 g/mol. The van der Waals surface area contributed by atoms with Crippen LogP contribution in [0.1, 0.15) is 36.7 Å². The number of amides is 1. The molecule has 1 saturated heterocycles. The Hall–Kier alpha value is -2.54. The number of anilines is 2. The van der Waals surface area contributed by atoms with Gasteiger partial charge in [-0.05, 0) is 86.9 Å². The number of nitrogens with one attached hydrogen (secondary N) is 2. The molecule has 4 rings (SSSR count). The number of carbonyl (C=O) groups excluding carboxylic acids is 1. The van der Waals surface area contributed by atoms with E-state index in [9.17, 15) is 4.79 Å². The highest BCUT2D eigenvalue weighted by molar-refractivity contribution is 7.80. The van der Waals surface area contributed by atoms with Gasteiger partial charge in [0, 0.05) is 29.5 Å². The van der Waals surface area contributed by atoms with E-state index >= 15 is 0 Å². The lowest BCUT2D eigenvalue weighted by Gasteiger charge is -2.35. The van der Waals surface area contributed by atoms with Crippen LogP contribution in [0, 0.1) is 0 Å². The number of halogens is 2. The van der Waals surface area contributed by atoms with Crippen molar-refractivity contribution in [3.8, 4) is 11.3 Å². The molecule has 1 fully saturated rings. The van der Waals surface area contributed by atoms with Gasteiger partial charge < -0.3 is 14.6 Å². The van der Waals surface area contributed by atoms with Crippen LogP contribution in [0.15, 0.2) is 59.0 Å². The van der Waals surface area contributed by atoms with Crippen LogP contribution in [0.4, 0.5) is 11.4 Å². The third-order valence-electron chi connectivity index (χ3n) is 5.53. The molecule has 166 valence electrons. The fraction of sp³-hybridized carbons (Fsp3) is 0.250. The molecule has 2 aromatic carbocycles. The molecular formula is C24H23Cl2N3O2S. The first-order valence-electron chi connectivity index (χ1n) is 10.5. The molecule has 0 aliphatic carbocycles. The second kappa shape index (κ2) is 9.94. The third-order valence-corrected chi connectivity index (χ3v) is 6.56. The maximum atomic E-state index is 12.5. The van der Waals surface area contributed by atoms with Gasteiger partial charge in [0.05, 0.1) is 10.0 Å². The number of hydrogen-bond acceptors (Lipinski definition) is 4. The summed E-state index contributed by atoms with van der Waals surface area (Å²) < 4.78 is 5.66. The Morgan fingerprint density at radius 1 is 1.09 bits per heavy atom. The zero-order valence-corrected chi connectivity index (χ0v) is 19.9. The Balaban J connectivity index is 1.37. The molecule has 1 aliphatic rings. The van der Waals surface area contributed by atoms with Gasteiger partial charge in [-0.25, -0.2) is 0 Å². The van der Waals surface area contributed by atoms with E-state index in [4.69, 9.17) is 39.8 Å². The highest BCUT2D eigenvalue weighted by atomic mass is 35.5. The number of thiocarbonyl (C=S) groups is 1. The van der Waals surface area contributed by atoms with Gasteiger partial charge >= 0.3 is 0 Å². The summed E-state index contributed by atoms with van der Waals surface area (Å²) in [6, 6.07) is 17.1. The van der Waals surface area contributed by atoms with E-state index in [1.807, 2.05) is 12.1 Å². The molecule has 0 bridgehead atoms. The molecule has 0 saturated carbocycles. The summed E-state index contributed by atoms with van der Waals surface area (Å²) in [5.74, 6) is 0.115. The van der Waals surface area contributed by atoms with Crippen molar-refractivity contribution < 1.29 is 9.21 Å². The molecule has 3 aromatic rings. The van der Waals surface area contributed by atoms with Crippen LogP contribution in [0.25, 0.3) is 11.3 Å². The quantitative estimate of drug-likeness (QED) is 0.398. The summed E-state index contributed by atoms with van der Waals surface area (Å²) in [7, 11) is 0. The van der Waals surface area contributed by atoms with Crippen LogP contribution >= 0.6 is 35.4 Å². The standard InChI is InChI=1S/C24H23Cl2N3O2S/c1-15-5-2-3-14-29(15)17-10-8-16(9-11-17)27-24(32)28-23(30)21-13-12-20(31-21)18-6-4-7-19(25)22(18)26/h4,6-13,15H,2-3,5,14H2,1H3,(H2,27,28,30,32)/t15-/m1/s1. The van der Waals surface area contributed by atoms with Crippen molar-refractivity contribution in [1.29, 1.82) is 0 Å². The van der Waals surface area contributed by atoms with Crippen molar-refractivity contribution in [2.24, 2.45) is 0 Å². The molecule has 1 atom stereocenters. The van der Waals surface area contributed by atoms with Gasteiger partial charge in [-0.2, -0.15) is 0 Å². The lowest BCUT2D eigenvalue weighted by molar-refractivity contribution is 0.0951. The first kappa shape index (κ1) is 22.6. The summed E-state index contributed by atoms with van der Waals surface area (Å²) in [6.07, 6.45) is 3.72. The van der Waals surface area contributed by atoms with Crippen molar-refractivity contribution in [2.75, 3.05) is 16.8 Å². The number of hydrogen-bond donors (Lipinski definition) is 2. The lowest BCUT2D eigenvalue weighted by atomic mass is 10.0. The number of carbonyl (C=O) groups is 1. The van der Waals surface area contributed by atoms with Gasteiger partial charge in [0.1, 0.15) is 5.76 Å². The molecule has 2 heterocycles. The summed E-state index contributed by atoms with van der Waals surface area (Å²) >= 11 is 17.6. The number of benzene rings is 2. The first-order chi connectivity index (χ1) is 15.4. The summed E-state index contributed by atoms with van der Waals surface area (Å²) in [6.45, 7) is 3.34. The van der Waals surface area contributed by atoms with Crippen LogP contribution in [0.2, 0.25) is 10.0 Å². The summed E-state index contributed by atoms with van der Waals surface area (Å²) in [4.78, 5) is 15.0. The van der Waals surface area contributed by atoms with Crippen molar-refractivity contribution in [1.82, 2.24) is 5.32 Å². The smallest absolute Gasteiger partial charge is 0.293 e. The van der Waals surface area contributed by atoms with Crippen molar-refractivity contribution in [2.45, 2.75) is 32.2 Å². The molecule has 0 radical (unpaired) electrons. The van der Waals surface area contributed by atoms with Gasteiger partial charge in [-0.1, -0.05) is 29.3 Å². The number of furan rings is 1. The highest BCUT2D eigenvalue weighted by Gasteiger charge is 2.19. The zero-order chi connectivity index (χ0) is 22.7. The van der Waals surface area contributed by atoms with E-state index in [0.717, 1.165) is 12.2 Å². The van der Waals surface area contributed by atoms with Crippen molar-refractivity contribution >= 4 is 57.8 Å². The van der Waals surface area contributed by atoms with E-state index in [1.165, 1.54) is 24.9 Å². The topological polar surface area (TPSA) is 57.5 Å². The molecule has 5 nitrogen and oxygen atoms in total. The van der Waals surface area contributed by atoms with Crippen molar-refractivity contribution in [3.05, 3.63) is 70.4 Å². The normalized spacial score (nSPS) is 16.0. The van der Waals surface area contributed by atoms with E-state index in [2.05, 4.69) is 34.6 Å². The average molecular weight is 488 g/mol. The Labute approximate surface area is 202 Å². The highest BCUT2D eigenvalue weighted by Crippen LogP contribution is 2.34. The second-order valence-electron chi connectivity index (χ2n) is 7.76. The first-order valence-corrected chi connectivity index (χ1v) is 11.6. The molecule has 0 unspecified atom stereocenters. The summed E-state index contributed by atoms with van der Waals surface area (Å²) in [5, 5.41) is 6.65. The zero-order valence-electron chi connectivity index (χ0n) is 17.5. The van der Waals surface area contributed by atoms with Crippen LogP contribution in [-0.4, -0.2) is 23.6 Å². The maximum absolute atomic E-state index is 12.5. The van der Waals surface area contributed by atoms with Crippen LogP contribution in [0.5, 0.6) is 0 Å². The molecule has 32 heavy (non-hydrogen) atoms. The predicted molar refractivity (Wildman–Crippen MR) is 135 cm³/mol. The number of rotatable bonds is 4. The van der Waals surface area contributed by atoms with Crippen LogP contribution in [-0.2, 0) is 0 Å². The molecule has 1 amide bonds. The number of nitrogens with zero attached hydrogens (tertiary/aromatic N) is 1. The van der Waals surface area contributed by atoms with E-state index in [0.29, 0.717) is 27.4 Å². The predicted octanol–water partition coefficient (Wildman–Crippen LogP) is 6.76. The molecule has 1 aliphatic heterocycles. The molecule has 1 aromatic heterocycles. The molecule has 0 spiro atoms. The summed E-state index contributed by atoms with van der Waals surface area (Å²) in [5.41, 5.74) is 2.61. The maximum Gasteiger partial charge on any atom is 0.293 e. The average Bonchev–Trinajstić information content (AvgIpc) is 3.27. The largest absolute Gasteiger partial charge is 0.451 e. The minimum atomic E-state index is -0.453. The molecule has 8 heteroatoms. The van der Waals surface area contributed by atoms with E-state index in [1.54, 1.807) is 30.3 Å². The Kier molecular flexibility index (Phi) is 7.04. The van der Waals surface area contributed by atoms with Gasteiger partial charge in [0.2, 0.25) is 0 Å². The molecule has 2 N–H and O–H groups in total. The fourth-order valence-electron chi connectivity index (χ4n) is 3.84. The molecular weight excluding hydrogens is 465 g/mol. The van der Waals surface area contributed by atoms with E-state index < -0.39 is 5.91 Å². The second-order valence-corrected chi connectivity index (χ2v) is 8.95. The van der Waals surface area contributed by atoms with Gasteiger partial charge in [-0.15, -0.1) is 0 Å². The number of piperidine rings is 1. The Morgan fingerprint density at radius 3 is 2.62 bits per heavy atom. The van der Waals surface area contributed by atoms with Crippen LogP contribution < -0.4 is 15.5 Å². The Morgan fingerprint density at radius 2 is 1.88 bits per heavy atom. The Bertz CT molecular complexity index is 1130. The third kappa shape index (κ3) is 5.09. The SMILES string of the molecule is C[C@@H]1CCCCN1c1ccc(NC(=S)NC(=O)c2ccc(-c3cccc(Cl)c3Cl)o2)cc1. The lowest BCUT2D eigenvalue weighted by Crippen LogP contribution is -2.37. The van der Waals surface area contributed by atoms with Crippen LogP contribution in [0.3, 0.4) is 0 Å². The fourth-order valence-corrected chi connectivity index (χ4v) is 4.45. The van der Waals surface area contributed by atoms with Crippen molar-refractivity contribution in [3.63, 3.8) is 0 Å². The van der Waals surface area contributed by atoms with Gasteiger partial charge in [0.15, 0.2) is 10.9 Å². The minimum absolute atomic E-state index is 0.120. The van der Waals surface area contributed by atoms with E-state index in [-0.39, 0.29) is 10.9 Å². The minimum Gasteiger partial charge on any atom is -0.451 e. The van der Waals surface area contributed by atoms with Gasteiger partial charge in [-0.3, -0.25) is 10.1 Å². The van der Waals surface area contributed by atoms with Gasteiger partial charge in [0.25, 0.3) is 5.91 Å².